The van der Waals surface area contributed by atoms with E-state index in [1.807, 2.05) is 6.07 Å². The van der Waals surface area contributed by atoms with Crippen LogP contribution in [0.25, 0.3) is 5.52 Å². The van der Waals surface area contributed by atoms with Crippen molar-refractivity contribution in [2.75, 3.05) is 25.6 Å². The van der Waals surface area contributed by atoms with Crippen LogP contribution in [0.5, 0.6) is 0 Å². The molecule has 3 aromatic rings. The number of ether oxygens (including phenoxy) is 2. The van der Waals surface area contributed by atoms with E-state index in [0.717, 1.165) is 31.7 Å². The van der Waals surface area contributed by atoms with Gasteiger partial charge in [0, 0.05) is 0 Å². The van der Waals surface area contributed by atoms with Gasteiger partial charge in [-0.15, -0.1) is 0 Å². The number of nitrogens with two attached hydrogens (primary N) is 1. The van der Waals surface area contributed by atoms with Crippen molar-refractivity contribution in [1.82, 2.24) is 14.6 Å². The summed E-state index contributed by atoms with van der Waals surface area (Å²) in [5.41, 5.74) is 3.60. The third kappa shape index (κ3) is 10.8. The van der Waals surface area contributed by atoms with Crippen molar-refractivity contribution in [3.8, 4) is 6.07 Å². The summed E-state index contributed by atoms with van der Waals surface area (Å²) in [6.07, 6.45) is 12.3. The lowest BCUT2D eigenvalue weighted by Gasteiger charge is -2.32. The Balaban J connectivity index is 1.30. The van der Waals surface area contributed by atoms with Gasteiger partial charge in [-0.2, -0.15) is 10.4 Å². The van der Waals surface area contributed by atoms with E-state index in [2.05, 4.69) is 17.0 Å². The molecule has 1 saturated heterocycles. The zero-order chi connectivity index (χ0) is 36.2. The van der Waals surface area contributed by atoms with Gasteiger partial charge in [0.1, 0.15) is 29.4 Å². The average molecular weight is 720 g/mol. The van der Waals surface area contributed by atoms with Crippen molar-refractivity contribution in [2.24, 2.45) is 0 Å². The smallest absolute Gasteiger partial charge is 0.386 e. The van der Waals surface area contributed by atoms with E-state index in [9.17, 15) is 29.3 Å². The number of aliphatic hydroxyl groups excluding tert-OH is 1. The molecule has 1 aliphatic rings. The molecule has 0 amide bonds. The molecule has 13 nitrogen and oxygen atoms in total. The number of anilines is 1. The summed E-state index contributed by atoms with van der Waals surface area (Å²) in [7, 11) is -4.70. The lowest BCUT2D eigenvalue weighted by Crippen LogP contribution is -2.49. The van der Waals surface area contributed by atoms with Crippen molar-refractivity contribution in [3.05, 3.63) is 59.3 Å². The van der Waals surface area contributed by atoms with Crippen LogP contribution in [0.15, 0.2) is 36.7 Å². The summed E-state index contributed by atoms with van der Waals surface area (Å²) in [6, 6.07) is 8.99. The molecule has 2 unspecified atom stereocenters. The number of nitrogen functional groups attached to an aromatic ring is 1. The second-order valence-corrected chi connectivity index (χ2v) is 14.8. The van der Waals surface area contributed by atoms with E-state index in [-0.39, 0.29) is 36.9 Å². The largest absolute Gasteiger partial charge is 0.472 e. The Bertz CT molecular complexity index is 1620. The van der Waals surface area contributed by atoms with Gasteiger partial charge in [0.05, 0.1) is 49.9 Å². The molecule has 1 aromatic carbocycles. The molecule has 5 N–H and O–H groups in total. The third-order valence-electron chi connectivity index (χ3n) is 9.22. The maximum absolute atomic E-state index is 14.0. The molecule has 0 spiro atoms. The van der Waals surface area contributed by atoms with Gasteiger partial charge in [0.2, 0.25) is 0 Å². The maximum Gasteiger partial charge on any atom is 0.472 e. The number of rotatable bonds is 22. The lowest BCUT2D eigenvalue weighted by molar-refractivity contribution is -0.100. The molecule has 15 heteroatoms. The SMILES string of the molecule is CCCCCCCCCCCCC[C@@H](COP(=O)(O)OC[C@@]1(C)OCC(O)(c2ccc3c(N)ncnn23)[C@@H]1O)OCc1cc(F)cc(C#N)c1. The minimum Gasteiger partial charge on any atom is -0.386 e. The van der Waals surface area contributed by atoms with Crippen LogP contribution in [-0.2, 0) is 35.3 Å². The zero-order valence-electron chi connectivity index (χ0n) is 29.0. The number of phosphoric acid groups is 1. The fourth-order valence-corrected chi connectivity index (χ4v) is 7.09. The summed E-state index contributed by atoms with van der Waals surface area (Å²) in [5.74, 6) is -0.380. The molecular weight excluding hydrogens is 668 g/mol. The molecule has 0 bridgehead atoms. The van der Waals surface area contributed by atoms with Crippen LogP contribution < -0.4 is 5.73 Å². The maximum atomic E-state index is 14.0. The van der Waals surface area contributed by atoms with Gasteiger partial charge in [-0.05, 0) is 49.2 Å². The summed E-state index contributed by atoms with van der Waals surface area (Å²) in [5, 5.41) is 36.0. The van der Waals surface area contributed by atoms with Gasteiger partial charge in [-0.1, -0.05) is 77.6 Å². The van der Waals surface area contributed by atoms with Crippen molar-refractivity contribution in [1.29, 1.82) is 5.26 Å². The van der Waals surface area contributed by atoms with Gasteiger partial charge in [-0.3, -0.25) is 9.05 Å². The van der Waals surface area contributed by atoms with Crippen LogP contribution in [0.1, 0.15) is 108 Å². The summed E-state index contributed by atoms with van der Waals surface area (Å²) in [6.45, 7) is 2.38. The van der Waals surface area contributed by atoms with E-state index < -0.39 is 43.7 Å². The Morgan fingerprint density at radius 1 is 1.12 bits per heavy atom. The number of halogens is 1. The Kier molecular flexibility index (Phi) is 14.7. The highest BCUT2D eigenvalue weighted by Crippen LogP contribution is 2.48. The molecule has 4 rings (SSSR count). The van der Waals surface area contributed by atoms with Crippen LogP contribution in [-0.4, -0.2) is 67.3 Å². The van der Waals surface area contributed by atoms with Crippen molar-refractivity contribution < 1.29 is 42.6 Å². The third-order valence-corrected chi connectivity index (χ3v) is 10.1. The first-order chi connectivity index (χ1) is 23.9. The fraction of sp³-hybridized carbons (Fsp3) is 0.629. The molecule has 0 saturated carbocycles. The van der Waals surface area contributed by atoms with E-state index in [4.69, 9.17) is 24.3 Å². The van der Waals surface area contributed by atoms with Gasteiger partial charge >= 0.3 is 7.82 Å². The molecule has 1 aliphatic heterocycles. The van der Waals surface area contributed by atoms with Crippen LogP contribution >= 0.6 is 7.82 Å². The molecule has 0 radical (unpaired) electrons. The monoisotopic (exact) mass is 719 g/mol. The summed E-state index contributed by atoms with van der Waals surface area (Å²) < 4.78 is 50.7. The van der Waals surface area contributed by atoms with Gasteiger partial charge in [0.25, 0.3) is 0 Å². The Morgan fingerprint density at radius 3 is 2.48 bits per heavy atom. The highest BCUT2D eigenvalue weighted by atomic mass is 31.2. The molecule has 2 aromatic heterocycles. The molecule has 1 fully saturated rings. The second-order valence-electron chi connectivity index (χ2n) is 13.3. The first kappa shape index (κ1) is 39.8. The number of phosphoric ester groups is 1. The van der Waals surface area contributed by atoms with Crippen molar-refractivity contribution in [3.63, 3.8) is 0 Å². The topological polar surface area (TPSA) is 195 Å². The number of fused-ring (bicyclic) bond motifs is 1. The highest BCUT2D eigenvalue weighted by Gasteiger charge is 2.58. The number of aromatic nitrogens is 3. The quantitative estimate of drug-likeness (QED) is 0.0692. The van der Waals surface area contributed by atoms with Gasteiger partial charge < -0.3 is 30.3 Å². The number of hydrogen-bond acceptors (Lipinski definition) is 11. The molecule has 5 atom stereocenters. The van der Waals surface area contributed by atoms with Gasteiger partial charge in [0.15, 0.2) is 11.4 Å². The van der Waals surface area contributed by atoms with Crippen LogP contribution in [0.3, 0.4) is 0 Å². The van der Waals surface area contributed by atoms with E-state index in [1.54, 1.807) is 12.1 Å². The van der Waals surface area contributed by atoms with Crippen molar-refractivity contribution in [2.45, 2.75) is 121 Å². The van der Waals surface area contributed by atoms with E-state index in [0.29, 0.717) is 17.5 Å². The highest BCUT2D eigenvalue weighted by molar-refractivity contribution is 7.47. The first-order valence-electron chi connectivity index (χ1n) is 17.5. The second kappa shape index (κ2) is 18.5. The predicted molar refractivity (Wildman–Crippen MR) is 184 cm³/mol. The lowest BCUT2D eigenvalue weighted by atomic mass is 9.86. The minimum atomic E-state index is -4.70. The van der Waals surface area contributed by atoms with Crippen molar-refractivity contribution >= 4 is 19.2 Å². The molecule has 3 heterocycles. The van der Waals surface area contributed by atoms with E-state index >= 15 is 0 Å². The summed E-state index contributed by atoms with van der Waals surface area (Å²) >= 11 is 0. The standard InChI is InChI=1S/C35H51FN5O8P/c1-3-4-5-6-7-8-9-10-11-12-13-14-29(46-21-27-17-26(20-37)18-28(36)19-27)22-48-50(44,45)49-23-34(2)33(42)35(43,24-47-34)31-16-15-30-32(38)39-25-40-41(30)31/h15-19,25,29,33,42-43H,3-14,21-24H2,1-2H3,(H,44,45)(H2,38,39,40)/t29-,33+,34+,35?/m0/s1. The van der Waals surface area contributed by atoms with Gasteiger partial charge in [-0.25, -0.2) is 18.5 Å². The Hall–Kier alpha value is -2.99. The predicted octanol–water partition coefficient (Wildman–Crippen LogP) is 6.08. The van der Waals surface area contributed by atoms with Crippen LogP contribution in [0, 0.1) is 17.1 Å². The average Bonchev–Trinajstić information content (AvgIpc) is 3.64. The number of unbranched alkanes of at least 4 members (excludes halogenated alkanes) is 10. The zero-order valence-corrected chi connectivity index (χ0v) is 29.9. The Labute approximate surface area is 293 Å². The first-order valence-corrected chi connectivity index (χ1v) is 19.0. The molecule has 0 aliphatic carbocycles. The van der Waals surface area contributed by atoms with Crippen LogP contribution in [0.2, 0.25) is 0 Å². The number of aliphatic hydroxyl groups is 2. The normalized spacial score (nSPS) is 22.5. The minimum absolute atomic E-state index is 0.0310. The number of hydrogen-bond donors (Lipinski definition) is 4. The fourth-order valence-electron chi connectivity index (χ4n) is 6.24. The number of benzene rings is 1. The molecule has 50 heavy (non-hydrogen) atoms. The molecule has 276 valence electrons. The number of nitriles is 1. The number of nitrogens with zero attached hydrogens (tertiary/aromatic N) is 4. The van der Waals surface area contributed by atoms with E-state index in [1.165, 1.54) is 74.8 Å². The molecular formula is C35H51FN5O8P. The van der Waals surface area contributed by atoms with Crippen LogP contribution in [0.4, 0.5) is 10.2 Å². The Morgan fingerprint density at radius 2 is 1.80 bits per heavy atom. The summed E-state index contributed by atoms with van der Waals surface area (Å²) in [4.78, 5) is 14.5.